The number of carbonyl (C=O) groups is 1. The van der Waals surface area contributed by atoms with E-state index >= 15 is 0 Å². The SMILES string of the molecule is COc1ccc(S(=O)(=O)NCCC(=O)N2CCNC(C)C2C)cc1OC.Cl. The fraction of sp³-hybridized carbons (Fsp3) is 0.588. The van der Waals surface area contributed by atoms with Crippen molar-refractivity contribution >= 4 is 28.3 Å². The zero-order valence-electron chi connectivity index (χ0n) is 16.0. The third-order valence-corrected chi connectivity index (χ3v) is 6.11. The third-order valence-electron chi connectivity index (χ3n) is 4.65. The first-order valence-electron chi connectivity index (χ1n) is 8.54. The van der Waals surface area contributed by atoms with Crippen LogP contribution in [-0.2, 0) is 14.8 Å². The van der Waals surface area contributed by atoms with Gasteiger partial charge in [-0.25, -0.2) is 13.1 Å². The highest BCUT2D eigenvalue weighted by Gasteiger charge is 2.28. The van der Waals surface area contributed by atoms with Gasteiger partial charge in [0.15, 0.2) is 11.5 Å². The highest BCUT2D eigenvalue weighted by molar-refractivity contribution is 7.89. The summed E-state index contributed by atoms with van der Waals surface area (Å²) in [5, 5.41) is 3.31. The van der Waals surface area contributed by atoms with E-state index in [-0.39, 0.29) is 48.3 Å². The quantitative estimate of drug-likeness (QED) is 0.681. The molecule has 1 aliphatic heterocycles. The van der Waals surface area contributed by atoms with Crippen LogP contribution >= 0.6 is 12.4 Å². The lowest BCUT2D eigenvalue weighted by Gasteiger charge is -2.38. The molecule has 2 N–H and O–H groups in total. The van der Waals surface area contributed by atoms with Crippen LogP contribution in [0.25, 0.3) is 0 Å². The zero-order chi connectivity index (χ0) is 19.3. The molecule has 0 aromatic heterocycles. The maximum Gasteiger partial charge on any atom is 0.240 e. The van der Waals surface area contributed by atoms with Crippen LogP contribution in [0.4, 0.5) is 0 Å². The van der Waals surface area contributed by atoms with E-state index < -0.39 is 10.0 Å². The Bertz CT molecular complexity index is 744. The molecule has 8 nitrogen and oxygen atoms in total. The Morgan fingerprint density at radius 1 is 1.26 bits per heavy atom. The summed E-state index contributed by atoms with van der Waals surface area (Å²) in [6.45, 7) is 5.44. The maximum absolute atomic E-state index is 12.4. The number of benzene rings is 1. The molecule has 27 heavy (non-hydrogen) atoms. The number of rotatable bonds is 7. The minimum absolute atomic E-state index is 0. The van der Waals surface area contributed by atoms with Gasteiger partial charge in [0.1, 0.15) is 0 Å². The summed E-state index contributed by atoms with van der Waals surface area (Å²) in [5.74, 6) is 0.722. The molecule has 2 unspecified atom stereocenters. The molecule has 1 aliphatic rings. The summed E-state index contributed by atoms with van der Waals surface area (Å²) in [4.78, 5) is 14.2. The second kappa shape index (κ2) is 10.1. The molecule has 2 atom stereocenters. The Morgan fingerprint density at radius 2 is 1.93 bits per heavy atom. The molecule has 10 heteroatoms. The number of nitrogens with one attached hydrogen (secondary N) is 2. The van der Waals surface area contributed by atoms with Crippen molar-refractivity contribution in [3.63, 3.8) is 0 Å². The smallest absolute Gasteiger partial charge is 0.240 e. The Balaban J connectivity index is 0.00000364. The van der Waals surface area contributed by atoms with Gasteiger partial charge in [-0.05, 0) is 26.0 Å². The Hall–Kier alpha value is -1.55. The third kappa shape index (κ3) is 5.71. The highest BCUT2D eigenvalue weighted by Crippen LogP contribution is 2.29. The molecule has 0 bridgehead atoms. The number of halogens is 1. The second-order valence-corrected chi connectivity index (χ2v) is 8.00. The predicted molar refractivity (Wildman–Crippen MR) is 105 cm³/mol. The average molecular weight is 422 g/mol. The van der Waals surface area contributed by atoms with E-state index in [4.69, 9.17) is 9.47 Å². The first-order chi connectivity index (χ1) is 12.3. The van der Waals surface area contributed by atoms with Crippen molar-refractivity contribution in [2.45, 2.75) is 37.2 Å². The first-order valence-corrected chi connectivity index (χ1v) is 10.0. The van der Waals surface area contributed by atoms with Crippen molar-refractivity contribution in [3.8, 4) is 11.5 Å². The molecule has 0 radical (unpaired) electrons. The molecule has 1 saturated heterocycles. The van der Waals surface area contributed by atoms with Gasteiger partial charge < -0.3 is 19.7 Å². The van der Waals surface area contributed by atoms with Crippen LogP contribution in [-0.4, -0.2) is 65.2 Å². The van der Waals surface area contributed by atoms with Gasteiger partial charge in [-0.2, -0.15) is 0 Å². The van der Waals surface area contributed by atoms with Crippen molar-refractivity contribution in [2.24, 2.45) is 0 Å². The van der Waals surface area contributed by atoms with Gasteiger partial charge in [0.25, 0.3) is 0 Å². The van der Waals surface area contributed by atoms with E-state index in [1.165, 1.54) is 32.4 Å². The van der Waals surface area contributed by atoms with Crippen molar-refractivity contribution in [2.75, 3.05) is 33.9 Å². The molecule has 154 valence electrons. The van der Waals surface area contributed by atoms with E-state index in [0.29, 0.717) is 18.0 Å². The standard InChI is InChI=1S/C17H27N3O5S.ClH/c1-12-13(2)20(10-9-18-12)17(21)7-8-19-26(22,23)14-5-6-15(24-3)16(11-14)25-4;/h5-6,11-13,18-19H,7-10H2,1-4H3;1H. The van der Waals surface area contributed by atoms with Crippen LogP contribution in [0.5, 0.6) is 11.5 Å². The summed E-state index contributed by atoms with van der Waals surface area (Å²) in [5.41, 5.74) is 0. The summed E-state index contributed by atoms with van der Waals surface area (Å²) >= 11 is 0. The highest BCUT2D eigenvalue weighted by atomic mass is 35.5. The van der Waals surface area contributed by atoms with Gasteiger partial charge in [-0.15, -0.1) is 12.4 Å². The molecular formula is C17H28ClN3O5S. The summed E-state index contributed by atoms with van der Waals surface area (Å²) in [7, 11) is -0.817. The molecule has 0 saturated carbocycles. The molecule has 1 aromatic rings. The Kier molecular flexibility index (Phi) is 8.80. The molecule has 0 spiro atoms. The molecule has 1 amide bonds. The Labute approximate surface area is 167 Å². The van der Waals surface area contributed by atoms with Gasteiger partial charge in [0, 0.05) is 44.2 Å². The number of methoxy groups -OCH3 is 2. The lowest BCUT2D eigenvalue weighted by molar-refractivity contribution is -0.134. The topological polar surface area (TPSA) is 97.0 Å². The van der Waals surface area contributed by atoms with E-state index in [1.807, 2.05) is 13.8 Å². The molecule has 1 fully saturated rings. The molecule has 2 rings (SSSR count). The van der Waals surface area contributed by atoms with Crippen molar-refractivity contribution in [1.29, 1.82) is 0 Å². The minimum atomic E-state index is -3.74. The van der Waals surface area contributed by atoms with Gasteiger partial charge in [-0.1, -0.05) is 0 Å². The number of ether oxygens (including phenoxy) is 2. The van der Waals surface area contributed by atoms with Crippen molar-refractivity contribution in [1.82, 2.24) is 14.9 Å². The summed E-state index contributed by atoms with van der Waals surface area (Å²) < 4.78 is 37.6. The van der Waals surface area contributed by atoms with Crippen LogP contribution in [0, 0.1) is 0 Å². The average Bonchev–Trinajstić information content (AvgIpc) is 2.63. The number of sulfonamides is 1. The molecule has 1 heterocycles. The van der Waals surface area contributed by atoms with Crippen LogP contribution < -0.4 is 19.5 Å². The van der Waals surface area contributed by atoms with Crippen LogP contribution in [0.1, 0.15) is 20.3 Å². The number of nitrogens with zero attached hydrogens (tertiary/aromatic N) is 1. The van der Waals surface area contributed by atoms with Crippen molar-refractivity contribution in [3.05, 3.63) is 18.2 Å². The normalized spacial score (nSPS) is 19.9. The van der Waals surface area contributed by atoms with E-state index in [2.05, 4.69) is 10.0 Å². The van der Waals surface area contributed by atoms with Gasteiger partial charge in [0.2, 0.25) is 15.9 Å². The number of hydrogen-bond donors (Lipinski definition) is 2. The Morgan fingerprint density at radius 3 is 2.56 bits per heavy atom. The van der Waals surface area contributed by atoms with Crippen LogP contribution in [0.15, 0.2) is 23.1 Å². The first kappa shape index (κ1) is 23.5. The zero-order valence-corrected chi connectivity index (χ0v) is 17.7. The van der Waals surface area contributed by atoms with E-state index in [0.717, 1.165) is 6.54 Å². The fourth-order valence-corrected chi connectivity index (χ4v) is 3.96. The van der Waals surface area contributed by atoms with Crippen molar-refractivity contribution < 1.29 is 22.7 Å². The monoisotopic (exact) mass is 421 g/mol. The van der Waals surface area contributed by atoms with E-state index in [9.17, 15) is 13.2 Å². The van der Waals surface area contributed by atoms with Crippen LogP contribution in [0.3, 0.4) is 0 Å². The number of carbonyl (C=O) groups excluding carboxylic acids is 1. The van der Waals surface area contributed by atoms with Gasteiger partial charge in [-0.3, -0.25) is 4.79 Å². The predicted octanol–water partition coefficient (Wildman–Crippen LogP) is 1.00. The van der Waals surface area contributed by atoms with Gasteiger partial charge in [0.05, 0.1) is 19.1 Å². The van der Waals surface area contributed by atoms with Gasteiger partial charge >= 0.3 is 0 Å². The summed E-state index contributed by atoms with van der Waals surface area (Å²) in [6, 6.07) is 4.66. The largest absolute Gasteiger partial charge is 0.493 e. The second-order valence-electron chi connectivity index (χ2n) is 6.24. The van der Waals surface area contributed by atoms with E-state index in [1.54, 1.807) is 4.90 Å². The van der Waals surface area contributed by atoms with Crippen LogP contribution in [0.2, 0.25) is 0 Å². The lowest BCUT2D eigenvalue weighted by atomic mass is 10.1. The molecular weight excluding hydrogens is 394 g/mol. The minimum Gasteiger partial charge on any atom is -0.493 e. The summed E-state index contributed by atoms with van der Waals surface area (Å²) in [6.07, 6.45) is 0.115. The number of piperazine rings is 1. The number of amides is 1. The lowest BCUT2D eigenvalue weighted by Crippen LogP contribution is -2.57. The fourth-order valence-electron chi connectivity index (χ4n) is 2.91. The number of hydrogen-bond acceptors (Lipinski definition) is 6. The molecule has 0 aliphatic carbocycles. The maximum atomic E-state index is 12.4. The molecule has 1 aromatic carbocycles.